The van der Waals surface area contributed by atoms with Gasteiger partial charge in [0.05, 0.1) is 28.0 Å². The van der Waals surface area contributed by atoms with Gasteiger partial charge in [0.25, 0.3) is 0 Å². The van der Waals surface area contributed by atoms with Crippen LogP contribution < -0.4 is 0 Å². The minimum atomic E-state index is 0.0772. The quantitative estimate of drug-likeness (QED) is 0.149. The summed E-state index contributed by atoms with van der Waals surface area (Å²) in [4.78, 5) is 10.6. The molecule has 0 aliphatic carbocycles. The van der Waals surface area contributed by atoms with E-state index in [0.717, 1.165) is 83.6 Å². The molecule has 0 aliphatic rings. The van der Waals surface area contributed by atoms with Crippen LogP contribution >= 0.6 is 0 Å². The van der Waals surface area contributed by atoms with E-state index in [4.69, 9.17) is 9.97 Å². The van der Waals surface area contributed by atoms with Crippen molar-refractivity contribution in [3.63, 3.8) is 0 Å². The first-order valence-corrected chi connectivity index (χ1v) is 23.1. The van der Waals surface area contributed by atoms with Crippen molar-refractivity contribution in [3.8, 4) is 78.6 Å². The summed E-state index contributed by atoms with van der Waals surface area (Å²) in [6.45, 7) is 19.9. The molecule has 324 valence electrons. The lowest BCUT2D eigenvalue weighted by molar-refractivity contribution is 0.466. The molecule has 1 N–H and O–H groups in total. The molecule has 0 unspecified atom stereocenters. The van der Waals surface area contributed by atoms with E-state index in [0.29, 0.717) is 11.7 Å². The lowest BCUT2D eigenvalue weighted by Gasteiger charge is -2.20. The maximum atomic E-state index is 12.3. The fraction of sp³-hybridized carbons (Fsp3) is 0.213. The molecule has 0 aliphatic heterocycles. The third kappa shape index (κ3) is 8.54. The van der Waals surface area contributed by atoms with E-state index in [-0.39, 0.29) is 23.0 Å². The first-order chi connectivity index (χ1) is 31.2. The summed E-state index contributed by atoms with van der Waals surface area (Å²) in [7, 11) is 0. The summed E-state index contributed by atoms with van der Waals surface area (Å²) >= 11 is 0. The van der Waals surface area contributed by atoms with E-state index >= 15 is 0 Å². The van der Waals surface area contributed by atoms with E-state index in [1.807, 2.05) is 6.20 Å². The Kier molecular flexibility index (Phi) is 11.6. The average molecular weight is 850 g/mol. The van der Waals surface area contributed by atoms with Gasteiger partial charge in [-0.25, -0.2) is 4.98 Å². The summed E-state index contributed by atoms with van der Waals surface area (Å²) in [5, 5.41) is 12.3. The molecule has 7 aromatic carbocycles. The standard InChI is InChI=1S/C61H59N3O/c1-38(2)44-25-28-56(53(34-44)43-19-14-11-15-20-43)64-57-22-16-21-51(58(57)63-60(64)54-36-46(39(3)4)35-52(40(5)6)59(54)65)48-31-47(41-17-12-10-13-18-41)32-49(33-48)55-37-45(29-30-62-55)42-23-26-50(27-24-42)61(7,8)9/h10-40,65H,1-9H3. The minimum Gasteiger partial charge on any atom is -0.507 e. The molecule has 9 rings (SSSR count). The van der Waals surface area contributed by atoms with Crippen molar-refractivity contribution in [2.75, 3.05) is 0 Å². The molecular formula is C61H59N3O. The number of pyridine rings is 1. The Bertz CT molecular complexity index is 3150. The summed E-state index contributed by atoms with van der Waals surface area (Å²) in [5.74, 6) is 1.68. The Morgan fingerprint density at radius 1 is 0.477 bits per heavy atom. The van der Waals surface area contributed by atoms with Crippen LogP contribution in [0.15, 0.2) is 170 Å². The van der Waals surface area contributed by atoms with Crippen LogP contribution in [0.3, 0.4) is 0 Å². The number of hydrogen-bond acceptors (Lipinski definition) is 3. The number of fused-ring (bicyclic) bond motifs is 1. The molecular weight excluding hydrogens is 791 g/mol. The lowest BCUT2D eigenvalue weighted by Crippen LogP contribution is -2.10. The van der Waals surface area contributed by atoms with Gasteiger partial charge in [0, 0.05) is 22.9 Å². The molecule has 4 nitrogen and oxygen atoms in total. The largest absolute Gasteiger partial charge is 0.507 e. The second-order valence-corrected chi connectivity index (χ2v) is 19.5. The highest BCUT2D eigenvalue weighted by Gasteiger charge is 2.25. The number of aromatic nitrogens is 3. The van der Waals surface area contributed by atoms with Gasteiger partial charge >= 0.3 is 0 Å². The molecule has 0 amide bonds. The van der Waals surface area contributed by atoms with Gasteiger partial charge in [-0.05, 0) is 133 Å². The van der Waals surface area contributed by atoms with Crippen LogP contribution in [0.25, 0.3) is 83.9 Å². The van der Waals surface area contributed by atoms with Crippen molar-refractivity contribution in [2.45, 2.75) is 85.5 Å². The van der Waals surface area contributed by atoms with Crippen LogP contribution in [0.1, 0.15) is 102 Å². The minimum absolute atomic E-state index is 0.0772. The predicted octanol–water partition coefficient (Wildman–Crippen LogP) is 16.8. The SMILES string of the molecule is CC(C)c1ccc(-n2c(-c3cc(C(C)C)cc(C(C)C)c3O)nc3c(-c4cc(-c5ccccc5)cc(-c5cc(-c6ccc(C(C)(C)C)cc6)ccn5)c4)cccc32)c(-c2ccccc2)c1. The van der Waals surface area contributed by atoms with Gasteiger partial charge in [-0.3, -0.25) is 9.55 Å². The highest BCUT2D eigenvalue weighted by Crippen LogP contribution is 2.45. The van der Waals surface area contributed by atoms with Gasteiger partial charge in [-0.1, -0.05) is 172 Å². The Hall–Kier alpha value is -7.04. The molecule has 9 aromatic rings. The first kappa shape index (κ1) is 43.2. The molecule has 0 radical (unpaired) electrons. The Morgan fingerprint density at radius 2 is 1.11 bits per heavy atom. The van der Waals surface area contributed by atoms with Crippen molar-refractivity contribution >= 4 is 11.0 Å². The van der Waals surface area contributed by atoms with Gasteiger partial charge in [0.2, 0.25) is 0 Å². The zero-order chi connectivity index (χ0) is 45.6. The second kappa shape index (κ2) is 17.5. The van der Waals surface area contributed by atoms with Crippen molar-refractivity contribution in [2.24, 2.45) is 0 Å². The van der Waals surface area contributed by atoms with E-state index in [1.165, 1.54) is 16.7 Å². The van der Waals surface area contributed by atoms with E-state index in [1.54, 1.807) is 0 Å². The maximum absolute atomic E-state index is 12.3. The second-order valence-electron chi connectivity index (χ2n) is 19.5. The summed E-state index contributed by atoms with van der Waals surface area (Å²) in [6.07, 6.45) is 1.92. The topological polar surface area (TPSA) is 50.9 Å². The molecule has 0 bridgehead atoms. The molecule has 2 heterocycles. The third-order valence-corrected chi connectivity index (χ3v) is 12.9. The van der Waals surface area contributed by atoms with Crippen LogP contribution in [-0.4, -0.2) is 19.6 Å². The Morgan fingerprint density at radius 3 is 1.77 bits per heavy atom. The molecule has 0 atom stereocenters. The number of benzene rings is 7. The van der Waals surface area contributed by atoms with Crippen molar-refractivity contribution in [1.82, 2.24) is 14.5 Å². The highest BCUT2D eigenvalue weighted by atomic mass is 16.3. The predicted molar refractivity (Wildman–Crippen MR) is 274 cm³/mol. The molecule has 65 heavy (non-hydrogen) atoms. The number of para-hydroxylation sites is 1. The van der Waals surface area contributed by atoms with E-state index in [2.05, 4.69) is 231 Å². The molecule has 4 heteroatoms. The first-order valence-electron chi connectivity index (χ1n) is 23.1. The van der Waals surface area contributed by atoms with Crippen LogP contribution in [-0.2, 0) is 5.41 Å². The summed E-state index contributed by atoms with van der Waals surface area (Å²) < 4.78 is 2.28. The van der Waals surface area contributed by atoms with Gasteiger partial charge < -0.3 is 5.11 Å². The van der Waals surface area contributed by atoms with Gasteiger partial charge in [-0.15, -0.1) is 0 Å². The van der Waals surface area contributed by atoms with E-state index < -0.39 is 0 Å². The molecule has 0 saturated carbocycles. The van der Waals surface area contributed by atoms with Crippen LogP contribution in [0.4, 0.5) is 0 Å². The highest BCUT2D eigenvalue weighted by molar-refractivity contribution is 5.98. The van der Waals surface area contributed by atoms with Crippen molar-refractivity contribution < 1.29 is 5.11 Å². The maximum Gasteiger partial charge on any atom is 0.149 e. The van der Waals surface area contributed by atoms with Gasteiger partial charge in [0.1, 0.15) is 11.6 Å². The van der Waals surface area contributed by atoms with Gasteiger partial charge in [0.15, 0.2) is 0 Å². The fourth-order valence-electron chi connectivity index (χ4n) is 9.00. The summed E-state index contributed by atoms with van der Waals surface area (Å²) in [5.41, 5.74) is 18.9. The number of nitrogens with zero attached hydrogens (tertiary/aromatic N) is 3. The number of imidazole rings is 1. The van der Waals surface area contributed by atoms with Crippen molar-refractivity contribution in [1.29, 1.82) is 0 Å². The Balaban J connectivity index is 1.31. The lowest BCUT2D eigenvalue weighted by atomic mass is 9.86. The molecule has 0 fully saturated rings. The van der Waals surface area contributed by atoms with Gasteiger partial charge in [-0.2, -0.15) is 0 Å². The zero-order valence-corrected chi connectivity index (χ0v) is 39.2. The number of hydrogen-bond donors (Lipinski definition) is 1. The molecule has 0 spiro atoms. The summed E-state index contributed by atoms with van der Waals surface area (Å²) in [6, 6.07) is 58.8. The average Bonchev–Trinajstić information content (AvgIpc) is 3.71. The Labute approximate surface area is 385 Å². The fourth-order valence-corrected chi connectivity index (χ4v) is 9.00. The van der Waals surface area contributed by atoms with E-state index in [9.17, 15) is 5.11 Å². The van der Waals surface area contributed by atoms with Crippen LogP contribution in [0.5, 0.6) is 5.75 Å². The third-order valence-electron chi connectivity index (χ3n) is 12.9. The van der Waals surface area contributed by atoms with Crippen LogP contribution in [0.2, 0.25) is 0 Å². The van der Waals surface area contributed by atoms with Crippen LogP contribution in [0, 0.1) is 0 Å². The number of rotatable bonds is 10. The normalized spacial score (nSPS) is 11.9. The number of phenolic OH excluding ortho intramolecular Hbond substituents is 1. The molecule has 0 saturated heterocycles. The molecule has 2 aromatic heterocycles. The monoisotopic (exact) mass is 849 g/mol. The number of phenols is 1. The zero-order valence-electron chi connectivity index (χ0n) is 39.2. The smallest absolute Gasteiger partial charge is 0.149 e. The number of aromatic hydroxyl groups is 1. The van der Waals surface area contributed by atoms with Crippen molar-refractivity contribution in [3.05, 3.63) is 192 Å².